The van der Waals surface area contributed by atoms with Gasteiger partial charge in [0.2, 0.25) is 0 Å². The molecule has 1 aromatic carbocycles. The Morgan fingerprint density at radius 2 is 1.96 bits per heavy atom. The lowest BCUT2D eigenvalue weighted by Gasteiger charge is -2.36. The van der Waals surface area contributed by atoms with E-state index in [-0.39, 0.29) is 0 Å². The van der Waals surface area contributed by atoms with Gasteiger partial charge in [0.25, 0.3) is 0 Å². The van der Waals surface area contributed by atoms with Gasteiger partial charge < -0.3 is 0 Å². The highest BCUT2D eigenvalue weighted by Crippen LogP contribution is 2.30. The summed E-state index contributed by atoms with van der Waals surface area (Å²) < 4.78 is 4.93. The summed E-state index contributed by atoms with van der Waals surface area (Å²) >= 11 is 0. The average molecular weight is 349 g/mol. The van der Waals surface area contributed by atoms with Gasteiger partial charge in [-0.15, -0.1) is 0 Å². The fraction of sp³-hybridized carbons (Fsp3) is 0.450. The van der Waals surface area contributed by atoms with Gasteiger partial charge >= 0.3 is 0 Å². The zero-order chi connectivity index (χ0) is 17.3. The second-order valence-corrected chi connectivity index (χ2v) is 7.59. The van der Waals surface area contributed by atoms with E-state index in [1.807, 2.05) is 24.4 Å². The van der Waals surface area contributed by atoms with Crippen molar-refractivity contribution in [2.75, 3.05) is 19.6 Å². The van der Waals surface area contributed by atoms with E-state index in [2.05, 4.69) is 43.3 Å². The Kier molecular flexibility index (Phi) is 4.15. The van der Waals surface area contributed by atoms with Crippen molar-refractivity contribution in [3.05, 3.63) is 53.9 Å². The van der Waals surface area contributed by atoms with Gasteiger partial charge in [-0.1, -0.05) is 18.2 Å². The van der Waals surface area contributed by atoms with E-state index in [9.17, 15) is 0 Å². The lowest BCUT2D eigenvalue weighted by molar-refractivity contribution is 0.123. The third-order valence-corrected chi connectivity index (χ3v) is 5.76. The molecule has 0 N–H and O–H groups in total. The minimum Gasteiger partial charge on any atom is -0.296 e. The highest BCUT2D eigenvalue weighted by Gasteiger charge is 2.35. The van der Waals surface area contributed by atoms with Crippen LogP contribution in [0.25, 0.3) is 11.0 Å². The topological polar surface area (TPSA) is 58.3 Å². The number of fused-ring (bicyclic) bond motifs is 5. The molecule has 3 aromatic rings. The third kappa shape index (κ3) is 3.10. The maximum absolute atomic E-state index is 4.93. The number of nitrogens with zero attached hydrogens (tertiary/aromatic N) is 5. The molecule has 0 spiro atoms. The van der Waals surface area contributed by atoms with Gasteiger partial charge in [-0.2, -0.15) is 0 Å². The molecule has 3 aliphatic heterocycles. The minimum atomic E-state index is 0.590. The summed E-state index contributed by atoms with van der Waals surface area (Å²) in [6.45, 7) is 5.30. The molecule has 5 heterocycles. The lowest BCUT2D eigenvalue weighted by Crippen LogP contribution is -2.43. The molecule has 6 heteroatoms. The average Bonchev–Trinajstić information content (AvgIpc) is 2.99. The summed E-state index contributed by atoms with van der Waals surface area (Å²) in [4.78, 5) is 9.73. The molecule has 6 nitrogen and oxygen atoms in total. The van der Waals surface area contributed by atoms with Crippen LogP contribution in [0.2, 0.25) is 0 Å². The van der Waals surface area contributed by atoms with E-state index < -0.39 is 0 Å². The summed E-state index contributed by atoms with van der Waals surface area (Å²) in [5, 5.41) is 8.09. The summed E-state index contributed by atoms with van der Waals surface area (Å²) in [7, 11) is 0. The molecule has 0 radical (unpaired) electrons. The van der Waals surface area contributed by atoms with Crippen molar-refractivity contribution in [1.29, 1.82) is 0 Å². The molecule has 2 aromatic heterocycles. The molecule has 0 unspecified atom stereocenters. The molecule has 3 fully saturated rings. The number of hydrogen-bond donors (Lipinski definition) is 0. The van der Waals surface area contributed by atoms with E-state index in [1.54, 1.807) is 0 Å². The molecule has 2 bridgehead atoms. The Hall–Kier alpha value is -2.31. The number of aromatic nitrogens is 3. The molecule has 134 valence electrons. The molecule has 3 saturated heterocycles. The second-order valence-electron chi connectivity index (χ2n) is 7.59. The van der Waals surface area contributed by atoms with Gasteiger partial charge in [0.15, 0.2) is 0 Å². The Labute approximate surface area is 152 Å². The van der Waals surface area contributed by atoms with Crippen LogP contribution in [0.5, 0.6) is 0 Å². The highest BCUT2D eigenvalue weighted by atomic mass is 16.6. The van der Waals surface area contributed by atoms with E-state index >= 15 is 0 Å². The van der Waals surface area contributed by atoms with Gasteiger partial charge in [-0.25, -0.2) is 4.63 Å². The van der Waals surface area contributed by atoms with Crippen LogP contribution in [0, 0.1) is 5.92 Å². The Balaban J connectivity index is 1.33. The maximum atomic E-state index is 4.93. The fourth-order valence-electron chi connectivity index (χ4n) is 4.53. The van der Waals surface area contributed by atoms with Crippen molar-refractivity contribution in [3.63, 3.8) is 0 Å². The zero-order valence-electron chi connectivity index (χ0n) is 14.8. The minimum absolute atomic E-state index is 0.590. The Morgan fingerprint density at radius 1 is 0.962 bits per heavy atom. The van der Waals surface area contributed by atoms with Crippen molar-refractivity contribution in [1.82, 2.24) is 25.1 Å². The van der Waals surface area contributed by atoms with E-state index in [4.69, 9.17) is 4.63 Å². The number of pyridine rings is 1. The number of hydrogen-bond acceptors (Lipinski definition) is 6. The van der Waals surface area contributed by atoms with Gasteiger partial charge in [0.05, 0.1) is 5.69 Å². The van der Waals surface area contributed by atoms with Crippen molar-refractivity contribution >= 4 is 11.0 Å². The van der Waals surface area contributed by atoms with Crippen LogP contribution < -0.4 is 0 Å². The summed E-state index contributed by atoms with van der Waals surface area (Å²) in [6.07, 6.45) is 4.49. The van der Waals surface area contributed by atoms with E-state index in [0.717, 1.165) is 43.1 Å². The van der Waals surface area contributed by atoms with Gasteiger partial charge in [0, 0.05) is 45.0 Å². The molecular formula is C20H23N5O. The van der Waals surface area contributed by atoms with Crippen LogP contribution in [-0.2, 0) is 13.1 Å². The lowest BCUT2D eigenvalue weighted by atomic mass is 9.94. The fourth-order valence-corrected chi connectivity index (χ4v) is 4.53. The largest absolute Gasteiger partial charge is 0.296 e. The number of rotatable bonds is 4. The first-order valence-electron chi connectivity index (χ1n) is 9.41. The zero-order valence-corrected chi connectivity index (χ0v) is 14.8. The van der Waals surface area contributed by atoms with Crippen molar-refractivity contribution < 1.29 is 4.63 Å². The van der Waals surface area contributed by atoms with Crippen molar-refractivity contribution in [3.8, 4) is 0 Å². The number of piperidine rings is 1. The van der Waals surface area contributed by atoms with Crippen LogP contribution in [0.4, 0.5) is 0 Å². The molecule has 6 rings (SSSR count). The molecular weight excluding hydrogens is 326 g/mol. The second kappa shape index (κ2) is 6.78. The van der Waals surface area contributed by atoms with Crippen molar-refractivity contribution in [2.24, 2.45) is 5.92 Å². The van der Waals surface area contributed by atoms with Gasteiger partial charge in [-0.05, 0) is 52.8 Å². The standard InChI is InChI=1S/C20H23N5O/c1-2-9-21-17(5-1)13-24-10-15-7-8-18(14-24)25(11-15)12-16-4-3-6-19-20(16)23-26-22-19/h1-6,9,15,18H,7-8,10-14H2/t15-,18+/m0/s1. The van der Waals surface area contributed by atoms with Crippen LogP contribution in [0.15, 0.2) is 47.2 Å². The van der Waals surface area contributed by atoms with Gasteiger partial charge in [0.1, 0.15) is 11.0 Å². The molecule has 3 aliphatic rings. The predicted molar refractivity (Wildman–Crippen MR) is 98.2 cm³/mol. The van der Waals surface area contributed by atoms with E-state index in [0.29, 0.717) is 6.04 Å². The Bertz CT molecular complexity index is 880. The summed E-state index contributed by atoms with van der Waals surface area (Å²) in [6, 6.07) is 12.9. The van der Waals surface area contributed by atoms with Gasteiger partial charge in [-0.3, -0.25) is 14.8 Å². The Morgan fingerprint density at radius 3 is 2.88 bits per heavy atom. The molecule has 0 amide bonds. The summed E-state index contributed by atoms with van der Waals surface area (Å²) in [5.74, 6) is 0.729. The van der Waals surface area contributed by atoms with Crippen LogP contribution >= 0.6 is 0 Å². The monoisotopic (exact) mass is 349 g/mol. The molecule has 2 atom stereocenters. The van der Waals surface area contributed by atoms with Crippen LogP contribution in [-0.4, -0.2) is 50.8 Å². The normalized spacial score (nSPS) is 24.2. The summed E-state index contributed by atoms with van der Waals surface area (Å²) in [5.41, 5.74) is 4.13. The SMILES string of the molecule is c1ccc(CN2C[C@@H]3CC[C@H](C2)N(Cc2cccc4nonc24)C3)nc1. The molecule has 0 saturated carbocycles. The first kappa shape index (κ1) is 15.9. The number of benzene rings is 1. The molecule has 26 heavy (non-hydrogen) atoms. The van der Waals surface area contributed by atoms with Crippen LogP contribution in [0.1, 0.15) is 24.1 Å². The first-order chi connectivity index (χ1) is 12.8. The van der Waals surface area contributed by atoms with E-state index in [1.165, 1.54) is 30.6 Å². The maximum Gasteiger partial charge on any atom is 0.139 e. The van der Waals surface area contributed by atoms with Crippen molar-refractivity contribution in [2.45, 2.75) is 32.0 Å². The smallest absolute Gasteiger partial charge is 0.139 e. The highest BCUT2D eigenvalue weighted by molar-refractivity contribution is 5.76. The third-order valence-electron chi connectivity index (χ3n) is 5.76. The first-order valence-corrected chi connectivity index (χ1v) is 9.41. The van der Waals surface area contributed by atoms with Crippen LogP contribution in [0.3, 0.4) is 0 Å². The quantitative estimate of drug-likeness (QED) is 0.722. The predicted octanol–water partition coefficient (Wildman–Crippen LogP) is 2.71. The molecule has 0 aliphatic carbocycles.